The third-order valence-electron chi connectivity index (χ3n) is 5.86. The summed E-state index contributed by atoms with van der Waals surface area (Å²) in [6, 6.07) is 10.5. The average molecular weight is 285 g/mol. The number of benzene rings is 1. The zero-order valence-electron chi connectivity index (χ0n) is 12.9. The normalized spacial score (nSPS) is 31.7. The first-order chi connectivity index (χ1) is 10.3. The topological polar surface area (TPSA) is 32.5 Å². The molecule has 0 amide bonds. The van der Waals surface area contributed by atoms with Crippen molar-refractivity contribution in [3.05, 3.63) is 35.4 Å². The maximum absolute atomic E-state index is 6.33. The molecule has 0 spiro atoms. The van der Waals surface area contributed by atoms with Gasteiger partial charge in [0.25, 0.3) is 0 Å². The minimum absolute atomic E-state index is 0.235. The molecular formula is C18H27N3. The minimum atomic E-state index is 0.235. The lowest BCUT2D eigenvalue weighted by Gasteiger charge is -2.41. The van der Waals surface area contributed by atoms with Gasteiger partial charge in [-0.15, -0.1) is 0 Å². The smallest absolute Gasteiger partial charge is 0.0370 e. The molecule has 0 radical (unpaired) electrons. The maximum Gasteiger partial charge on any atom is 0.0370 e. The second kappa shape index (κ2) is 5.71. The molecule has 2 N–H and O–H groups in total. The van der Waals surface area contributed by atoms with E-state index in [1.807, 2.05) is 0 Å². The van der Waals surface area contributed by atoms with E-state index in [4.69, 9.17) is 5.73 Å². The molecular weight excluding hydrogens is 258 g/mol. The van der Waals surface area contributed by atoms with Crippen molar-refractivity contribution >= 4 is 0 Å². The lowest BCUT2D eigenvalue weighted by Crippen LogP contribution is -2.50. The molecule has 4 rings (SSSR count). The Morgan fingerprint density at radius 1 is 0.857 bits per heavy atom. The maximum atomic E-state index is 6.33. The zero-order valence-corrected chi connectivity index (χ0v) is 12.9. The number of fused-ring (bicyclic) bond motifs is 1. The van der Waals surface area contributed by atoms with E-state index in [9.17, 15) is 0 Å². The van der Waals surface area contributed by atoms with E-state index in [2.05, 4.69) is 34.1 Å². The highest BCUT2D eigenvalue weighted by Gasteiger charge is 2.35. The summed E-state index contributed by atoms with van der Waals surface area (Å²) < 4.78 is 0. The highest BCUT2D eigenvalue weighted by Crippen LogP contribution is 2.41. The zero-order chi connectivity index (χ0) is 14.2. The van der Waals surface area contributed by atoms with Gasteiger partial charge >= 0.3 is 0 Å². The number of nitrogens with two attached hydrogens (primary N) is 1. The number of rotatable bonds is 2. The van der Waals surface area contributed by atoms with Gasteiger partial charge in [-0.2, -0.15) is 0 Å². The Morgan fingerprint density at radius 3 is 2.19 bits per heavy atom. The molecule has 2 aliphatic carbocycles. The van der Waals surface area contributed by atoms with Crippen molar-refractivity contribution in [1.29, 1.82) is 0 Å². The van der Waals surface area contributed by atoms with Crippen LogP contribution < -0.4 is 5.73 Å². The Bertz CT molecular complexity index is 487. The molecule has 1 aromatic carbocycles. The summed E-state index contributed by atoms with van der Waals surface area (Å²) in [4.78, 5) is 5.42. The van der Waals surface area contributed by atoms with Crippen LogP contribution in [0.25, 0.3) is 0 Å². The Balaban J connectivity index is 1.43. The van der Waals surface area contributed by atoms with Crippen LogP contribution in [0.15, 0.2) is 24.3 Å². The van der Waals surface area contributed by atoms with Crippen LogP contribution in [0.3, 0.4) is 0 Å². The summed E-state index contributed by atoms with van der Waals surface area (Å²) in [7, 11) is 0. The quantitative estimate of drug-likeness (QED) is 0.907. The molecule has 1 aliphatic heterocycles. The summed E-state index contributed by atoms with van der Waals surface area (Å²) in [6.07, 6.45) is 6.84. The fourth-order valence-electron chi connectivity index (χ4n) is 4.68. The summed E-state index contributed by atoms with van der Waals surface area (Å²) in [5.41, 5.74) is 9.19. The van der Waals surface area contributed by atoms with E-state index in [1.54, 1.807) is 0 Å². The third kappa shape index (κ3) is 2.52. The molecule has 2 fully saturated rings. The van der Waals surface area contributed by atoms with Gasteiger partial charge in [-0.3, -0.25) is 9.80 Å². The molecule has 3 aliphatic rings. The van der Waals surface area contributed by atoms with E-state index in [0.717, 1.165) is 12.5 Å². The summed E-state index contributed by atoms with van der Waals surface area (Å²) in [5, 5.41) is 0. The fourth-order valence-corrected chi connectivity index (χ4v) is 4.68. The van der Waals surface area contributed by atoms with Gasteiger partial charge in [0, 0.05) is 44.3 Å². The van der Waals surface area contributed by atoms with Crippen LogP contribution >= 0.6 is 0 Å². The van der Waals surface area contributed by atoms with Gasteiger partial charge in [-0.25, -0.2) is 0 Å². The van der Waals surface area contributed by atoms with Crippen LogP contribution in [0.1, 0.15) is 55.3 Å². The van der Waals surface area contributed by atoms with Crippen molar-refractivity contribution in [2.75, 3.05) is 26.2 Å². The van der Waals surface area contributed by atoms with Gasteiger partial charge in [0.1, 0.15) is 0 Å². The number of piperazine rings is 1. The van der Waals surface area contributed by atoms with Gasteiger partial charge in [0.05, 0.1) is 0 Å². The van der Waals surface area contributed by atoms with E-state index < -0.39 is 0 Å². The monoisotopic (exact) mass is 285 g/mol. The van der Waals surface area contributed by atoms with Gasteiger partial charge in [0.2, 0.25) is 0 Å². The van der Waals surface area contributed by atoms with E-state index in [0.29, 0.717) is 6.04 Å². The van der Waals surface area contributed by atoms with Crippen molar-refractivity contribution in [2.45, 2.75) is 50.2 Å². The highest BCUT2D eigenvalue weighted by atomic mass is 15.3. The molecule has 0 aromatic heterocycles. The standard InChI is InChI=1S/C18H27N3/c19-17-13-18(16-8-4-3-7-15(16)17)21-11-9-20(10-12-21)14-5-1-2-6-14/h3-4,7-8,14,17-18H,1-2,5-6,9-13,19H2. The molecule has 3 heteroatoms. The Kier molecular flexibility index (Phi) is 3.74. The van der Waals surface area contributed by atoms with Crippen molar-refractivity contribution in [3.8, 4) is 0 Å². The summed E-state index contributed by atoms with van der Waals surface area (Å²) >= 11 is 0. The fraction of sp³-hybridized carbons (Fsp3) is 0.667. The largest absolute Gasteiger partial charge is 0.324 e. The Morgan fingerprint density at radius 2 is 1.48 bits per heavy atom. The average Bonchev–Trinajstić information content (AvgIpc) is 3.17. The number of nitrogens with zero attached hydrogens (tertiary/aromatic N) is 2. The Hall–Kier alpha value is -0.900. The second-order valence-corrected chi connectivity index (χ2v) is 7.00. The predicted molar refractivity (Wildman–Crippen MR) is 86.1 cm³/mol. The van der Waals surface area contributed by atoms with Crippen LogP contribution in [0, 0.1) is 0 Å². The first-order valence-corrected chi connectivity index (χ1v) is 8.65. The molecule has 1 heterocycles. The van der Waals surface area contributed by atoms with E-state index >= 15 is 0 Å². The molecule has 114 valence electrons. The third-order valence-corrected chi connectivity index (χ3v) is 5.86. The second-order valence-electron chi connectivity index (χ2n) is 7.00. The SMILES string of the molecule is NC1CC(N2CCN(C3CCCC3)CC2)c2ccccc21. The van der Waals surface area contributed by atoms with Gasteiger partial charge < -0.3 is 5.73 Å². The number of hydrogen-bond donors (Lipinski definition) is 1. The van der Waals surface area contributed by atoms with E-state index in [-0.39, 0.29) is 6.04 Å². The molecule has 2 unspecified atom stereocenters. The van der Waals surface area contributed by atoms with Gasteiger partial charge in [-0.05, 0) is 30.4 Å². The predicted octanol–water partition coefficient (Wildman–Crippen LogP) is 2.69. The number of hydrogen-bond acceptors (Lipinski definition) is 3. The van der Waals surface area contributed by atoms with Crippen LogP contribution in [0.5, 0.6) is 0 Å². The van der Waals surface area contributed by atoms with Crippen LogP contribution in [-0.4, -0.2) is 42.0 Å². The van der Waals surface area contributed by atoms with Crippen molar-refractivity contribution in [3.63, 3.8) is 0 Å². The highest BCUT2D eigenvalue weighted by molar-refractivity contribution is 5.37. The van der Waals surface area contributed by atoms with Gasteiger partial charge in [0.15, 0.2) is 0 Å². The lowest BCUT2D eigenvalue weighted by atomic mass is 10.1. The molecule has 21 heavy (non-hydrogen) atoms. The molecule has 0 bridgehead atoms. The van der Waals surface area contributed by atoms with Crippen LogP contribution in [0.2, 0.25) is 0 Å². The molecule has 1 aromatic rings. The molecule has 2 atom stereocenters. The van der Waals surface area contributed by atoms with Crippen molar-refractivity contribution in [1.82, 2.24) is 9.80 Å². The first kappa shape index (κ1) is 13.7. The van der Waals surface area contributed by atoms with E-state index in [1.165, 1.54) is 63.0 Å². The summed E-state index contributed by atoms with van der Waals surface area (Å²) in [5.74, 6) is 0. The molecule has 3 nitrogen and oxygen atoms in total. The van der Waals surface area contributed by atoms with Crippen LogP contribution in [-0.2, 0) is 0 Å². The summed E-state index contributed by atoms with van der Waals surface area (Å²) in [6.45, 7) is 4.92. The lowest BCUT2D eigenvalue weighted by molar-refractivity contribution is 0.0689. The Labute approximate surface area is 128 Å². The van der Waals surface area contributed by atoms with Crippen LogP contribution in [0.4, 0.5) is 0 Å². The first-order valence-electron chi connectivity index (χ1n) is 8.65. The van der Waals surface area contributed by atoms with Gasteiger partial charge in [-0.1, -0.05) is 37.1 Å². The minimum Gasteiger partial charge on any atom is -0.324 e. The molecule has 1 saturated carbocycles. The molecule has 1 saturated heterocycles. The van der Waals surface area contributed by atoms with Crippen molar-refractivity contribution in [2.24, 2.45) is 5.73 Å². The van der Waals surface area contributed by atoms with Crippen molar-refractivity contribution < 1.29 is 0 Å².